The highest BCUT2D eigenvalue weighted by molar-refractivity contribution is 5.46. The summed E-state index contributed by atoms with van der Waals surface area (Å²) in [7, 11) is 0. The van der Waals surface area contributed by atoms with Gasteiger partial charge in [0.15, 0.2) is 0 Å². The number of hydrogen-bond acceptors (Lipinski definition) is 3. The Hall–Kier alpha value is -2.61. The molecule has 0 bridgehead atoms. The minimum atomic E-state index is -0.478. The van der Waals surface area contributed by atoms with E-state index < -0.39 is 11.4 Å². The molecule has 2 aromatic rings. The van der Waals surface area contributed by atoms with Gasteiger partial charge in [-0.1, -0.05) is 0 Å². The van der Waals surface area contributed by atoms with Gasteiger partial charge in [0.2, 0.25) is 0 Å². The monoisotopic (exact) mass is 229 g/mol. The summed E-state index contributed by atoms with van der Waals surface area (Å²) in [5, 5.41) is 8.78. The van der Waals surface area contributed by atoms with Gasteiger partial charge in [0, 0.05) is 17.6 Å². The molecule has 5 heteroatoms. The zero-order valence-electron chi connectivity index (χ0n) is 8.72. The summed E-state index contributed by atoms with van der Waals surface area (Å²) >= 11 is 0. The third kappa shape index (κ3) is 2.01. The van der Waals surface area contributed by atoms with Crippen LogP contribution in [-0.2, 0) is 0 Å². The molecule has 0 saturated heterocycles. The van der Waals surface area contributed by atoms with Gasteiger partial charge in [0.1, 0.15) is 17.4 Å². The molecule has 1 aromatic carbocycles. The standard InChI is InChI=1S/C12H8FN3O/c13-9-1-3-11(4-2-9)16-7-10(15)5-8(6-14)12(16)17/h1-5,7H,15H2. The lowest BCUT2D eigenvalue weighted by atomic mass is 10.2. The second kappa shape index (κ2) is 4.10. The third-order valence-electron chi connectivity index (χ3n) is 2.26. The van der Waals surface area contributed by atoms with Gasteiger partial charge in [-0.2, -0.15) is 5.26 Å². The Labute approximate surface area is 96.3 Å². The molecule has 2 N–H and O–H groups in total. The van der Waals surface area contributed by atoms with Crippen molar-refractivity contribution in [1.82, 2.24) is 4.57 Å². The molecule has 17 heavy (non-hydrogen) atoms. The summed E-state index contributed by atoms with van der Waals surface area (Å²) in [5.74, 6) is -0.397. The fraction of sp³-hybridized carbons (Fsp3) is 0. The van der Waals surface area contributed by atoms with Crippen molar-refractivity contribution in [3.63, 3.8) is 0 Å². The molecule has 1 heterocycles. The van der Waals surface area contributed by atoms with Crippen molar-refractivity contribution >= 4 is 5.69 Å². The first kappa shape index (κ1) is 10.9. The molecule has 0 spiro atoms. The second-order valence-electron chi connectivity index (χ2n) is 3.45. The predicted molar refractivity (Wildman–Crippen MR) is 61.1 cm³/mol. The lowest BCUT2D eigenvalue weighted by Crippen LogP contribution is -2.21. The van der Waals surface area contributed by atoms with Crippen molar-refractivity contribution in [2.45, 2.75) is 0 Å². The summed E-state index contributed by atoms with van der Waals surface area (Å²) in [6.45, 7) is 0. The van der Waals surface area contributed by atoms with Crippen LogP contribution >= 0.6 is 0 Å². The van der Waals surface area contributed by atoms with Crippen LogP contribution in [0.1, 0.15) is 5.56 Å². The van der Waals surface area contributed by atoms with E-state index in [1.807, 2.05) is 0 Å². The molecule has 84 valence electrons. The average molecular weight is 229 g/mol. The van der Waals surface area contributed by atoms with Crippen LogP contribution in [0.15, 0.2) is 41.3 Å². The van der Waals surface area contributed by atoms with Crippen molar-refractivity contribution in [3.8, 4) is 11.8 Å². The van der Waals surface area contributed by atoms with E-state index in [0.717, 1.165) is 0 Å². The number of hydrogen-bond donors (Lipinski definition) is 1. The fourth-order valence-corrected chi connectivity index (χ4v) is 1.48. The molecular formula is C12H8FN3O. The Bertz CT molecular complexity index is 653. The normalized spacial score (nSPS) is 9.88. The summed E-state index contributed by atoms with van der Waals surface area (Å²) in [4.78, 5) is 11.8. The van der Waals surface area contributed by atoms with E-state index in [1.54, 1.807) is 6.07 Å². The van der Waals surface area contributed by atoms with E-state index in [2.05, 4.69) is 0 Å². The average Bonchev–Trinajstić information content (AvgIpc) is 2.33. The Morgan fingerprint density at radius 1 is 1.29 bits per heavy atom. The molecule has 0 atom stereocenters. The zero-order chi connectivity index (χ0) is 12.4. The van der Waals surface area contributed by atoms with E-state index in [-0.39, 0.29) is 5.56 Å². The molecule has 0 aliphatic carbocycles. The van der Waals surface area contributed by atoms with Gasteiger partial charge in [0.05, 0.1) is 0 Å². The Balaban J connectivity index is 2.68. The van der Waals surface area contributed by atoms with Gasteiger partial charge < -0.3 is 5.73 Å². The maximum atomic E-state index is 12.8. The Morgan fingerprint density at radius 2 is 1.94 bits per heavy atom. The molecule has 0 radical (unpaired) electrons. The SMILES string of the molecule is N#Cc1cc(N)cn(-c2ccc(F)cc2)c1=O. The summed E-state index contributed by atoms with van der Waals surface area (Å²) in [5.41, 5.74) is 5.82. The van der Waals surface area contributed by atoms with Gasteiger partial charge in [-0.05, 0) is 30.3 Å². The molecule has 0 fully saturated rings. The maximum Gasteiger partial charge on any atom is 0.273 e. The first-order chi connectivity index (χ1) is 8.11. The van der Waals surface area contributed by atoms with Gasteiger partial charge in [0.25, 0.3) is 5.56 Å². The van der Waals surface area contributed by atoms with Crippen LogP contribution in [0.4, 0.5) is 10.1 Å². The molecular weight excluding hydrogens is 221 g/mol. The van der Waals surface area contributed by atoms with Gasteiger partial charge in [-0.25, -0.2) is 4.39 Å². The number of anilines is 1. The van der Waals surface area contributed by atoms with Crippen molar-refractivity contribution in [3.05, 3.63) is 58.3 Å². The van der Waals surface area contributed by atoms with Crippen LogP contribution < -0.4 is 11.3 Å². The number of nitrogens with two attached hydrogens (primary N) is 1. The van der Waals surface area contributed by atoms with E-state index in [1.165, 1.54) is 41.1 Å². The lowest BCUT2D eigenvalue weighted by Gasteiger charge is -2.07. The topological polar surface area (TPSA) is 71.8 Å². The molecule has 0 saturated carbocycles. The van der Waals surface area contributed by atoms with Crippen molar-refractivity contribution < 1.29 is 4.39 Å². The van der Waals surface area contributed by atoms with E-state index in [9.17, 15) is 9.18 Å². The highest BCUT2D eigenvalue weighted by atomic mass is 19.1. The maximum absolute atomic E-state index is 12.8. The Morgan fingerprint density at radius 3 is 2.53 bits per heavy atom. The van der Waals surface area contributed by atoms with Crippen LogP contribution in [0, 0.1) is 17.1 Å². The van der Waals surface area contributed by atoms with E-state index in [4.69, 9.17) is 11.0 Å². The van der Waals surface area contributed by atoms with Crippen molar-refractivity contribution in [2.24, 2.45) is 0 Å². The molecule has 2 rings (SSSR count). The molecule has 0 aliphatic heterocycles. The third-order valence-corrected chi connectivity index (χ3v) is 2.26. The highest BCUT2D eigenvalue weighted by Gasteiger charge is 2.06. The minimum Gasteiger partial charge on any atom is -0.397 e. The number of nitriles is 1. The number of rotatable bonds is 1. The first-order valence-corrected chi connectivity index (χ1v) is 4.80. The summed E-state index contributed by atoms with van der Waals surface area (Å²) < 4.78 is 14.0. The highest BCUT2D eigenvalue weighted by Crippen LogP contribution is 2.10. The quantitative estimate of drug-likeness (QED) is 0.804. The number of halogens is 1. The number of benzene rings is 1. The predicted octanol–water partition coefficient (Wildman–Crippen LogP) is 1.43. The van der Waals surface area contributed by atoms with Gasteiger partial charge >= 0.3 is 0 Å². The number of aromatic nitrogens is 1. The van der Waals surface area contributed by atoms with Crippen molar-refractivity contribution in [2.75, 3.05) is 5.73 Å². The number of pyridine rings is 1. The number of nitrogens with zero attached hydrogens (tertiary/aromatic N) is 2. The minimum absolute atomic E-state index is 0.0469. The molecule has 0 unspecified atom stereocenters. The van der Waals surface area contributed by atoms with Gasteiger partial charge in [-0.3, -0.25) is 9.36 Å². The van der Waals surface area contributed by atoms with Crippen LogP contribution in [0.5, 0.6) is 0 Å². The summed E-state index contributed by atoms with van der Waals surface area (Å²) in [6.07, 6.45) is 1.40. The molecule has 1 aromatic heterocycles. The van der Waals surface area contributed by atoms with Crippen molar-refractivity contribution in [1.29, 1.82) is 5.26 Å². The first-order valence-electron chi connectivity index (χ1n) is 4.80. The van der Waals surface area contributed by atoms with Crippen LogP contribution in [0.25, 0.3) is 5.69 Å². The molecule has 4 nitrogen and oxygen atoms in total. The van der Waals surface area contributed by atoms with Gasteiger partial charge in [-0.15, -0.1) is 0 Å². The fourth-order valence-electron chi connectivity index (χ4n) is 1.48. The van der Waals surface area contributed by atoms with Crippen LogP contribution in [0.2, 0.25) is 0 Å². The number of nitrogen functional groups attached to an aromatic ring is 1. The Kier molecular flexibility index (Phi) is 2.63. The second-order valence-corrected chi connectivity index (χ2v) is 3.45. The van der Waals surface area contributed by atoms with Crippen LogP contribution in [-0.4, -0.2) is 4.57 Å². The molecule has 0 amide bonds. The largest absolute Gasteiger partial charge is 0.397 e. The smallest absolute Gasteiger partial charge is 0.273 e. The lowest BCUT2D eigenvalue weighted by molar-refractivity contribution is 0.627. The molecule has 0 aliphatic rings. The van der Waals surface area contributed by atoms with E-state index >= 15 is 0 Å². The zero-order valence-corrected chi connectivity index (χ0v) is 8.72. The van der Waals surface area contributed by atoms with E-state index in [0.29, 0.717) is 11.4 Å². The van der Waals surface area contributed by atoms with Crippen LogP contribution in [0.3, 0.4) is 0 Å². The summed E-state index contributed by atoms with van der Waals surface area (Å²) in [6, 6.07) is 8.43.